The van der Waals surface area contributed by atoms with Crippen molar-refractivity contribution in [3.63, 3.8) is 0 Å². The molecule has 0 heterocycles. The molecule has 2 rings (SSSR count). The minimum Gasteiger partial charge on any atom is -0.481 e. The molecule has 0 aromatic carbocycles. The Balaban J connectivity index is 1.97. The van der Waals surface area contributed by atoms with Crippen molar-refractivity contribution in [3.8, 4) is 0 Å². The molecular formula is C49H62O9. The fourth-order valence-corrected chi connectivity index (χ4v) is 7.09. The highest BCUT2D eigenvalue weighted by atomic mass is 16.5. The molecule has 0 spiro atoms. The maximum atomic E-state index is 13.1. The first-order valence-electron chi connectivity index (χ1n) is 19.8. The van der Waals surface area contributed by atoms with Crippen LogP contribution in [0.4, 0.5) is 0 Å². The first kappa shape index (κ1) is 48.7. The molecule has 0 saturated heterocycles. The Hall–Kier alpha value is -5.44. The van der Waals surface area contributed by atoms with Crippen LogP contribution in [0.15, 0.2) is 130 Å². The first-order chi connectivity index (χ1) is 27.0. The number of ether oxygens (including phenoxy) is 1. The summed E-state index contributed by atoms with van der Waals surface area (Å²) in [6.45, 7) is 19.7. The van der Waals surface area contributed by atoms with Gasteiger partial charge in [0.2, 0.25) is 0 Å². The highest BCUT2D eigenvalue weighted by Gasteiger charge is 2.40. The minimum atomic E-state index is -1.09. The highest BCUT2D eigenvalue weighted by molar-refractivity contribution is 6.02. The van der Waals surface area contributed by atoms with Crippen molar-refractivity contribution in [2.75, 3.05) is 0 Å². The van der Waals surface area contributed by atoms with Crippen molar-refractivity contribution in [1.82, 2.24) is 0 Å². The van der Waals surface area contributed by atoms with Crippen molar-refractivity contribution in [3.05, 3.63) is 130 Å². The number of carboxylic acid groups (broad SMARTS) is 2. The molecule has 2 N–H and O–H groups in total. The van der Waals surface area contributed by atoms with Crippen LogP contribution in [0.25, 0.3) is 0 Å². The molecule has 0 bridgehead atoms. The van der Waals surface area contributed by atoms with E-state index in [0.717, 1.165) is 33.4 Å². The monoisotopic (exact) mass is 794 g/mol. The number of carboxylic acids is 2. The molecule has 0 aromatic rings. The van der Waals surface area contributed by atoms with Gasteiger partial charge in [-0.25, -0.2) is 0 Å². The molecule has 0 fully saturated rings. The maximum Gasteiger partial charge on any atom is 0.307 e. The molecule has 0 amide bonds. The summed E-state index contributed by atoms with van der Waals surface area (Å²) in [6.07, 6.45) is 27.0. The van der Waals surface area contributed by atoms with Gasteiger partial charge in [-0.3, -0.25) is 28.8 Å². The van der Waals surface area contributed by atoms with Gasteiger partial charge in [0.15, 0.2) is 17.7 Å². The topological polar surface area (TPSA) is 152 Å². The summed E-state index contributed by atoms with van der Waals surface area (Å²) in [7, 11) is 0. The average Bonchev–Trinajstić information content (AvgIpc) is 3.12. The summed E-state index contributed by atoms with van der Waals surface area (Å²) >= 11 is 0. The Morgan fingerprint density at radius 2 is 1.02 bits per heavy atom. The summed E-state index contributed by atoms with van der Waals surface area (Å²) in [5.41, 5.74) is 6.42. The van der Waals surface area contributed by atoms with Crippen LogP contribution in [0.5, 0.6) is 0 Å². The lowest BCUT2D eigenvalue weighted by atomic mass is 9.66. The fourth-order valence-electron chi connectivity index (χ4n) is 7.09. The quantitative estimate of drug-likeness (QED) is 0.0961. The van der Waals surface area contributed by atoms with Crippen LogP contribution in [-0.4, -0.2) is 51.6 Å². The van der Waals surface area contributed by atoms with Crippen LogP contribution < -0.4 is 0 Å². The number of allylic oxidation sites excluding steroid dienone is 21. The predicted octanol–water partition coefficient (Wildman–Crippen LogP) is 10.4. The first-order valence-corrected chi connectivity index (χ1v) is 19.8. The molecule has 2 atom stereocenters. The normalized spacial score (nSPS) is 21.1. The third-order valence-electron chi connectivity index (χ3n) is 10.3. The Bertz CT molecular complexity index is 1820. The summed E-state index contributed by atoms with van der Waals surface area (Å²) < 4.78 is 5.36. The molecule has 9 nitrogen and oxygen atoms in total. The number of carbonyl (C=O) groups is 6. The van der Waals surface area contributed by atoms with Gasteiger partial charge in [-0.1, -0.05) is 135 Å². The van der Waals surface area contributed by atoms with Gasteiger partial charge in [0.1, 0.15) is 5.78 Å². The lowest BCUT2D eigenvalue weighted by Gasteiger charge is -2.36. The largest absolute Gasteiger partial charge is 0.481 e. The van der Waals surface area contributed by atoms with Gasteiger partial charge in [-0.15, -0.1) is 0 Å². The maximum absolute atomic E-state index is 13.1. The second kappa shape index (κ2) is 22.5. The van der Waals surface area contributed by atoms with E-state index in [2.05, 4.69) is 13.8 Å². The van der Waals surface area contributed by atoms with Crippen LogP contribution in [0.2, 0.25) is 0 Å². The number of Topliss-reactive ketones (excluding diaryl/α,β-unsaturated/α-hetero) is 3. The van der Waals surface area contributed by atoms with Crippen molar-refractivity contribution < 1.29 is 43.7 Å². The molecule has 0 aliphatic heterocycles. The zero-order valence-electron chi connectivity index (χ0n) is 35.9. The van der Waals surface area contributed by atoms with E-state index in [1.807, 2.05) is 134 Å². The van der Waals surface area contributed by atoms with E-state index in [9.17, 15) is 28.8 Å². The van der Waals surface area contributed by atoms with Gasteiger partial charge >= 0.3 is 17.9 Å². The van der Waals surface area contributed by atoms with Crippen LogP contribution >= 0.6 is 0 Å². The van der Waals surface area contributed by atoms with Gasteiger partial charge in [0.05, 0.1) is 19.3 Å². The summed E-state index contributed by atoms with van der Waals surface area (Å²) in [5, 5.41) is 17.7. The van der Waals surface area contributed by atoms with Gasteiger partial charge in [-0.05, 0) is 81.1 Å². The zero-order chi connectivity index (χ0) is 43.8. The predicted molar refractivity (Wildman–Crippen MR) is 230 cm³/mol. The smallest absolute Gasteiger partial charge is 0.307 e. The second-order valence-electron chi connectivity index (χ2n) is 16.6. The van der Waals surface area contributed by atoms with E-state index in [0.29, 0.717) is 24.0 Å². The van der Waals surface area contributed by atoms with Gasteiger partial charge in [0, 0.05) is 25.2 Å². The number of rotatable bonds is 19. The third-order valence-corrected chi connectivity index (χ3v) is 10.3. The lowest BCUT2D eigenvalue weighted by molar-refractivity contribution is -0.157. The molecule has 0 saturated carbocycles. The van der Waals surface area contributed by atoms with Crippen molar-refractivity contribution >= 4 is 35.3 Å². The van der Waals surface area contributed by atoms with Crippen LogP contribution in [0.1, 0.15) is 114 Å². The Kier molecular flexibility index (Phi) is 18.9. The molecular weight excluding hydrogens is 733 g/mol. The standard InChI is InChI=1S/C49H62O9/c1-32(17-13-19-34(3)21-24-40-36(5)46(56)38(30-48(40,7)8)29-39(50)23-26-43(51)52)15-11-12-16-33(2)18-14-20-35(4)22-25-41-37(6)47(57)42(31-49(41,9)10)58-45(55)28-27-44(53)54/h11-22,24-25,38,42H,23,26-31H2,1-10H3,(H,51,52)(H,53,54)/b12-11+,17-13+,18-14+,24-21+,25-22+,32-15+,33-16+,34-19+,35-20+. The molecule has 0 radical (unpaired) electrons. The molecule has 9 heteroatoms. The van der Waals surface area contributed by atoms with Crippen molar-refractivity contribution in [1.29, 1.82) is 0 Å². The zero-order valence-corrected chi connectivity index (χ0v) is 35.9. The average molecular weight is 795 g/mol. The number of esters is 1. The van der Waals surface area contributed by atoms with Crippen LogP contribution in [0, 0.1) is 16.7 Å². The Morgan fingerprint density at radius 1 is 0.603 bits per heavy atom. The highest BCUT2D eigenvalue weighted by Crippen LogP contribution is 2.44. The Labute approximate surface area is 344 Å². The molecule has 0 aromatic heterocycles. The number of hydrogen-bond acceptors (Lipinski definition) is 7. The number of hydrogen-bond donors (Lipinski definition) is 2. The number of aliphatic carboxylic acids is 2. The summed E-state index contributed by atoms with van der Waals surface area (Å²) in [4.78, 5) is 72.1. The van der Waals surface area contributed by atoms with Crippen LogP contribution in [0.3, 0.4) is 0 Å². The molecule has 2 aliphatic carbocycles. The van der Waals surface area contributed by atoms with E-state index < -0.39 is 35.3 Å². The third kappa shape index (κ3) is 16.2. The SMILES string of the molecule is CC1=C(/C=C/C(C)=C/C=C/C(C)=C/C=C/C=C(C)/C=C/C=C(C)/C=C/C2=C(C)C(=O)C(OC(=O)CCC(=O)O)CC2(C)C)C(C)(C)CC(CC(=O)CCC(=O)O)C1=O. The number of carbonyl (C=O) groups excluding carboxylic acids is 4. The van der Waals surface area contributed by atoms with E-state index in [1.54, 1.807) is 6.92 Å². The summed E-state index contributed by atoms with van der Waals surface area (Å²) in [6, 6.07) is 0. The molecule has 2 unspecified atom stereocenters. The van der Waals surface area contributed by atoms with E-state index in [1.165, 1.54) is 0 Å². The summed E-state index contributed by atoms with van der Waals surface area (Å²) in [5.74, 6) is -3.70. The van der Waals surface area contributed by atoms with Crippen molar-refractivity contribution in [2.24, 2.45) is 16.7 Å². The van der Waals surface area contributed by atoms with Gasteiger partial charge < -0.3 is 14.9 Å². The number of ketones is 3. The molecule has 58 heavy (non-hydrogen) atoms. The van der Waals surface area contributed by atoms with Gasteiger partial charge in [0.25, 0.3) is 0 Å². The van der Waals surface area contributed by atoms with E-state index in [4.69, 9.17) is 14.9 Å². The van der Waals surface area contributed by atoms with Gasteiger partial charge in [-0.2, -0.15) is 0 Å². The molecule has 312 valence electrons. The van der Waals surface area contributed by atoms with E-state index in [-0.39, 0.29) is 54.9 Å². The fraction of sp³-hybridized carbons (Fsp3) is 0.429. The Morgan fingerprint density at radius 3 is 1.50 bits per heavy atom. The molecule has 2 aliphatic rings. The van der Waals surface area contributed by atoms with E-state index >= 15 is 0 Å². The van der Waals surface area contributed by atoms with Crippen LogP contribution in [-0.2, 0) is 33.5 Å². The van der Waals surface area contributed by atoms with Crippen molar-refractivity contribution in [2.45, 2.75) is 120 Å². The lowest BCUT2D eigenvalue weighted by Crippen LogP contribution is -2.39. The minimum absolute atomic E-state index is 0.0407. The second-order valence-corrected chi connectivity index (χ2v) is 16.6.